The van der Waals surface area contributed by atoms with Crippen molar-refractivity contribution in [3.05, 3.63) is 23.0 Å². The number of hydrogen-bond acceptors (Lipinski definition) is 4. The molecule has 0 saturated heterocycles. The van der Waals surface area contributed by atoms with Crippen molar-refractivity contribution in [1.82, 2.24) is 4.98 Å². The van der Waals surface area contributed by atoms with Crippen LogP contribution in [0.15, 0.2) is 6.07 Å². The first-order chi connectivity index (χ1) is 8.90. The fourth-order valence-corrected chi connectivity index (χ4v) is 2.28. The van der Waals surface area contributed by atoms with E-state index in [1.54, 1.807) is 17.9 Å². The van der Waals surface area contributed by atoms with Gasteiger partial charge in [-0.15, -0.1) is 0 Å². The van der Waals surface area contributed by atoms with Gasteiger partial charge in [-0.05, 0) is 32.8 Å². The molecule has 19 heavy (non-hydrogen) atoms. The molecule has 1 aliphatic rings. The molecule has 0 radical (unpaired) electrons. The van der Waals surface area contributed by atoms with Crippen molar-refractivity contribution in [2.75, 3.05) is 11.4 Å². The number of pyridine rings is 1. The Labute approximate surface area is 111 Å². The Hall–Kier alpha value is -2.11. The van der Waals surface area contributed by atoms with Crippen LogP contribution in [0.2, 0.25) is 0 Å². The SMILES string of the molecule is Cc1cc(N(CC(=O)O)C2CC2)c(C(N)=O)c(C)n1. The number of primary amides is 1. The van der Waals surface area contributed by atoms with Gasteiger partial charge in [-0.3, -0.25) is 14.6 Å². The van der Waals surface area contributed by atoms with Crippen molar-refractivity contribution in [2.24, 2.45) is 5.73 Å². The zero-order chi connectivity index (χ0) is 14.2. The fraction of sp³-hybridized carbons (Fsp3) is 0.462. The van der Waals surface area contributed by atoms with Crippen LogP contribution in [0.3, 0.4) is 0 Å². The number of aryl methyl sites for hydroxylation is 2. The third kappa shape index (κ3) is 2.83. The summed E-state index contributed by atoms with van der Waals surface area (Å²) in [5, 5.41) is 9.02. The minimum Gasteiger partial charge on any atom is -0.480 e. The van der Waals surface area contributed by atoms with E-state index in [0.717, 1.165) is 18.5 Å². The second kappa shape index (κ2) is 4.87. The van der Waals surface area contributed by atoms with Crippen LogP contribution in [0, 0.1) is 13.8 Å². The monoisotopic (exact) mass is 263 g/mol. The Balaban J connectivity index is 2.51. The lowest BCUT2D eigenvalue weighted by atomic mass is 10.1. The largest absolute Gasteiger partial charge is 0.480 e. The first kappa shape index (κ1) is 13.3. The number of amides is 1. The Morgan fingerprint density at radius 1 is 1.47 bits per heavy atom. The van der Waals surface area contributed by atoms with Crippen LogP contribution in [0.4, 0.5) is 5.69 Å². The van der Waals surface area contributed by atoms with Crippen molar-refractivity contribution in [2.45, 2.75) is 32.7 Å². The molecule has 1 amide bonds. The van der Waals surface area contributed by atoms with Crippen molar-refractivity contribution in [1.29, 1.82) is 0 Å². The van der Waals surface area contributed by atoms with Crippen LogP contribution in [0.5, 0.6) is 0 Å². The van der Waals surface area contributed by atoms with E-state index in [4.69, 9.17) is 10.8 Å². The van der Waals surface area contributed by atoms with E-state index in [0.29, 0.717) is 16.9 Å². The first-order valence-corrected chi connectivity index (χ1v) is 6.16. The molecule has 1 aliphatic carbocycles. The average molecular weight is 263 g/mol. The van der Waals surface area contributed by atoms with E-state index >= 15 is 0 Å². The number of carbonyl (C=O) groups is 2. The molecule has 102 valence electrons. The Morgan fingerprint density at radius 2 is 2.11 bits per heavy atom. The number of aliphatic carboxylic acids is 1. The maximum Gasteiger partial charge on any atom is 0.323 e. The van der Waals surface area contributed by atoms with Crippen molar-refractivity contribution in [3.8, 4) is 0 Å². The van der Waals surface area contributed by atoms with Gasteiger partial charge < -0.3 is 15.7 Å². The lowest BCUT2D eigenvalue weighted by molar-refractivity contribution is -0.135. The summed E-state index contributed by atoms with van der Waals surface area (Å²) < 4.78 is 0. The molecule has 1 aromatic rings. The highest BCUT2D eigenvalue weighted by molar-refractivity contribution is 6.00. The second-order valence-corrected chi connectivity index (χ2v) is 4.86. The minimum atomic E-state index is -0.922. The molecule has 2 rings (SSSR count). The molecule has 1 fully saturated rings. The van der Waals surface area contributed by atoms with E-state index in [2.05, 4.69) is 4.98 Å². The molecule has 0 aliphatic heterocycles. The van der Waals surface area contributed by atoms with Gasteiger partial charge in [0.1, 0.15) is 6.54 Å². The number of hydrogen-bond donors (Lipinski definition) is 2. The Morgan fingerprint density at radius 3 is 2.58 bits per heavy atom. The molecular formula is C13H17N3O3. The number of carboxylic acids is 1. The van der Waals surface area contributed by atoms with E-state index in [1.165, 1.54) is 0 Å². The summed E-state index contributed by atoms with van der Waals surface area (Å²) in [6.45, 7) is 3.39. The van der Waals surface area contributed by atoms with Gasteiger partial charge in [0.2, 0.25) is 0 Å². The molecule has 0 atom stereocenters. The van der Waals surface area contributed by atoms with Crippen LogP contribution in [0.1, 0.15) is 34.6 Å². The van der Waals surface area contributed by atoms with E-state index in [1.807, 2.05) is 6.92 Å². The van der Waals surface area contributed by atoms with Gasteiger partial charge in [0.15, 0.2) is 0 Å². The summed E-state index contributed by atoms with van der Waals surface area (Å²) >= 11 is 0. The average Bonchev–Trinajstić information content (AvgIpc) is 3.07. The van der Waals surface area contributed by atoms with Gasteiger partial charge >= 0.3 is 5.97 Å². The van der Waals surface area contributed by atoms with Gasteiger partial charge in [0.25, 0.3) is 5.91 Å². The quantitative estimate of drug-likeness (QED) is 0.821. The predicted octanol–water partition coefficient (Wildman–Crippen LogP) is 0.851. The molecule has 3 N–H and O–H groups in total. The van der Waals surface area contributed by atoms with Gasteiger partial charge in [-0.25, -0.2) is 0 Å². The summed E-state index contributed by atoms with van der Waals surface area (Å²) in [5.74, 6) is -1.49. The van der Waals surface area contributed by atoms with Crippen LogP contribution in [-0.2, 0) is 4.79 Å². The molecule has 6 heteroatoms. The number of nitrogens with two attached hydrogens (primary N) is 1. The molecule has 0 aromatic carbocycles. The molecular weight excluding hydrogens is 246 g/mol. The zero-order valence-corrected chi connectivity index (χ0v) is 11.0. The third-order valence-corrected chi connectivity index (χ3v) is 3.16. The zero-order valence-electron chi connectivity index (χ0n) is 11.0. The highest BCUT2D eigenvalue weighted by atomic mass is 16.4. The molecule has 1 aromatic heterocycles. The van der Waals surface area contributed by atoms with Gasteiger partial charge in [-0.2, -0.15) is 0 Å². The summed E-state index contributed by atoms with van der Waals surface area (Å²) in [6, 6.07) is 1.91. The summed E-state index contributed by atoms with van der Waals surface area (Å²) in [4.78, 5) is 28.6. The minimum absolute atomic E-state index is 0.131. The maximum atomic E-state index is 11.6. The number of aromatic nitrogens is 1. The van der Waals surface area contributed by atoms with Crippen LogP contribution in [-0.4, -0.2) is 34.6 Å². The molecule has 1 saturated carbocycles. The molecule has 1 heterocycles. The third-order valence-electron chi connectivity index (χ3n) is 3.16. The van der Waals surface area contributed by atoms with E-state index in [9.17, 15) is 9.59 Å². The van der Waals surface area contributed by atoms with Crippen molar-refractivity contribution in [3.63, 3.8) is 0 Å². The summed E-state index contributed by atoms with van der Waals surface area (Å²) in [6.07, 6.45) is 1.87. The highest BCUT2D eigenvalue weighted by Gasteiger charge is 2.33. The van der Waals surface area contributed by atoms with Crippen LogP contribution < -0.4 is 10.6 Å². The first-order valence-electron chi connectivity index (χ1n) is 6.16. The van der Waals surface area contributed by atoms with E-state index < -0.39 is 11.9 Å². The lowest BCUT2D eigenvalue weighted by Crippen LogP contribution is -2.34. The topological polar surface area (TPSA) is 96.5 Å². The number of anilines is 1. The molecule has 0 spiro atoms. The molecule has 0 unspecified atom stereocenters. The number of rotatable bonds is 5. The fourth-order valence-electron chi connectivity index (χ4n) is 2.28. The van der Waals surface area contributed by atoms with Gasteiger partial charge in [0, 0.05) is 11.7 Å². The van der Waals surface area contributed by atoms with Gasteiger partial charge in [-0.1, -0.05) is 0 Å². The van der Waals surface area contributed by atoms with Crippen molar-refractivity contribution >= 4 is 17.6 Å². The molecule has 6 nitrogen and oxygen atoms in total. The normalized spacial score (nSPS) is 14.2. The lowest BCUT2D eigenvalue weighted by Gasteiger charge is -2.25. The van der Waals surface area contributed by atoms with Crippen LogP contribution in [0.25, 0.3) is 0 Å². The number of nitrogens with zero attached hydrogens (tertiary/aromatic N) is 2. The molecule has 0 bridgehead atoms. The van der Waals surface area contributed by atoms with Crippen molar-refractivity contribution < 1.29 is 14.7 Å². The highest BCUT2D eigenvalue weighted by Crippen LogP contribution is 2.34. The van der Waals surface area contributed by atoms with Gasteiger partial charge in [0.05, 0.1) is 16.9 Å². The van der Waals surface area contributed by atoms with E-state index in [-0.39, 0.29) is 12.6 Å². The Bertz CT molecular complexity index is 538. The Kier molecular flexibility index (Phi) is 3.42. The summed E-state index contributed by atoms with van der Waals surface area (Å²) in [7, 11) is 0. The smallest absolute Gasteiger partial charge is 0.323 e. The predicted molar refractivity (Wildman–Crippen MR) is 70.2 cm³/mol. The maximum absolute atomic E-state index is 11.6. The second-order valence-electron chi connectivity index (χ2n) is 4.86. The standard InChI is InChI=1S/C13H17N3O3/c1-7-5-10(12(13(14)19)8(2)15-7)16(6-11(17)18)9-3-4-9/h5,9H,3-4,6H2,1-2H3,(H2,14,19)(H,17,18). The summed E-state index contributed by atoms with van der Waals surface area (Å²) in [5.41, 5.74) is 7.59. The number of carboxylic acid groups (broad SMARTS) is 1. The van der Waals surface area contributed by atoms with Crippen LogP contribution >= 0.6 is 0 Å². The number of carbonyl (C=O) groups excluding carboxylic acids is 1.